The molecule has 0 bridgehead atoms. The quantitative estimate of drug-likeness (QED) is 0.617. The molecule has 3 aliphatic rings. The first-order valence-electron chi connectivity index (χ1n) is 11.6. The average Bonchev–Trinajstić information content (AvgIpc) is 2.74. The third kappa shape index (κ3) is 5.41. The first-order valence-corrected chi connectivity index (χ1v) is 11.6. The second-order valence-electron chi connectivity index (χ2n) is 9.97. The van der Waals surface area contributed by atoms with Crippen molar-refractivity contribution in [3.8, 4) is 0 Å². The molecule has 1 unspecified atom stereocenters. The van der Waals surface area contributed by atoms with E-state index in [4.69, 9.17) is 4.74 Å². The first kappa shape index (κ1) is 26.5. The Labute approximate surface area is 204 Å². The van der Waals surface area contributed by atoms with Crippen LogP contribution < -0.4 is 5.32 Å². The maximum atomic E-state index is 13.8. The molecule has 3 saturated heterocycles. The Morgan fingerprint density at radius 1 is 1.14 bits per heavy atom. The Morgan fingerprint density at radius 2 is 1.78 bits per heavy atom. The highest BCUT2D eigenvalue weighted by Crippen LogP contribution is 2.39. The van der Waals surface area contributed by atoms with Gasteiger partial charge < -0.3 is 19.9 Å². The van der Waals surface area contributed by atoms with E-state index in [1.807, 2.05) is 6.92 Å². The van der Waals surface area contributed by atoms with Gasteiger partial charge in [-0.15, -0.1) is 0 Å². The SMILES string of the molecule is CN(CC1CN(C(=O)N2CC[C@]3(C)OCC(=O)N[C@@H]3C2)C1)C(c1ccc(C(F)(F)F)cc1)C(F)(F)F. The van der Waals surface area contributed by atoms with Crippen molar-refractivity contribution in [2.24, 2.45) is 5.92 Å². The fourth-order valence-corrected chi connectivity index (χ4v) is 5.15. The van der Waals surface area contributed by atoms with E-state index in [0.717, 1.165) is 17.0 Å². The van der Waals surface area contributed by atoms with Crippen molar-refractivity contribution in [2.45, 2.75) is 43.4 Å². The zero-order chi connectivity index (χ0) is 26.5. The van der Waals surface area contributed by atoms with Gasteiger partial charge in [0.05, 0.1) is 17.2 Å². The second kappa shape index (κ2) is 9.40. The van der Waals surface area contributed by atoms with Gasteiger partial charge in [-0.3, -0.25) is 9.69 Å². The van der Waals surface area contributed by atoms with Crippen LogP contribution >= 0.6 is 0 Å². The van der Waals surface area contributed by atoms with Crippen LogP contribution in [0.1, 0.15) is 30.5 Å². The maximum absolute atomic E-state index is 13.8. The minimum absolute atomic E-state index is 0.0135. The van der Waals surface area contributed by atoms with Crippen molar-refractivity contribution < 1.29 is 40.7 Å². The van der Waals surface area contributed by atoms with Gasteiger partial charge in [0.15, 0.2) is 0 Å². The van der Waals surface area contributed by atoms with Crippen molar-refractivity contribution in [3.05, 3.63) is 35.4 Å². The predicted molar refractivity (Wildman–Crippen MR) is 116 cm³/mol. The first-order chi connectivity index (χ1) is 16.7. The normalized spacial score (nSPS) is 26.4. The molecule has 0 radical (unpaired) electrons. The number of amides is 3. The molecule has 4 rings (SSSR count). The number of carbonyl (C=O) groups excluding carboxylic acids is 2. The third-order valence-electron chi connectivity index (χ3n) is 7.24. The summed E-state index contributed by atoms with van der Waals surface area (Å²) < 4.78 is 85.6. The van der Waals surface area contributed by atoms with Gasteiger partial charge in [0.25, 0.3) is 0 Å². The highest BCUT2D eigenvalue weighted by Gasteiger charge is 2.48. The van der Waals surface area contributed by atoms with Gasteiger partial charge in [-0.1, -0.05) is 12.1 Å². The van der Waals surface area contributed by atoms with Gasteiger partial charge >= 0.3 is 18.4 Å². The molecule has 7 nitrogen and oxygen atoms in total. The molecule has 0 spiro atoms. The summed E-state index contributed by atoms with van der Waals surface area (Å²) in [5.41, 5.74) is -1.84. The molecule has 1 aromatic rings. The fraction of sp³-hybridized carbons (Fsp3) is 0.652. The van der Waals surface area contributed by atoms with Crippen LogP contribution in [-0.2, 0) is 15.7 Å². The van der Waals surface area contributed by atoms with Crippen molar-refractivity contribution in [1.29, 1.82) is 0 Å². The number of morpholine rings is 1. The van der Waals surface area contributed by atoms with E-state index in [-0.39, 0.29) is 62.2 Å². The number of nitrogens with one attached hydrogen (secondary N) is 1. The van der Waals surface area contributed by atoms with Crippen LogP contribution in [0.5, 0.6) is 0 Å². The predicted octanol–water partition coefficient (Wildman–Crippen LogP) is 3.27. The lowest BCUT2D eigenvalue weighted by molar-refractivity contribution is -0.185. The largest absolute Gasteiger partial charge is 0.416 e. The number of hydrogen-bond acceptors (Lipinski definition) is 4. The molecule has 3 amide bonds. The Hall–Kier alpha value is -2.54. The van der Waals surface area contributed by atoms with Crippen LogP contribution in [-0.4, -0.2) is 90.8 Å². The molecular formula is C23H28F6N4O3. The molecule has 0 aromatic heterocycles. The van der Waals surface area contributed by atoms with Crippen LogP contribution in [0, 0.1) is 5.92 Å². The number of rotatable bonds is 4. The lowest BCUT2D eigenvalue weighted by Crippen LogP contribution is -2.68. The van der Waals surface area contributed by atoms with Crippen LogP contribution in [0.4, 0.5) is 31.1 Å². The molecule has 3 aliphatic heterocycles. The monoisotopic (exact) mass is 522 g/mol. The summed E-state index contributed by atoms with van der Waals surface area (Å²) in [6, 6.07) is 0.350. The number of ether oxygens (including phenoxy) is 1. The number of fused-ring (bicyclic) bond motifs is 1. The molecule has 0 saturated carbocycles. The summed E-state index contributed by atoms with van der Waals surface area (Å²) in [4.78, 5) is 28.8. The number of urea groups is 1. The molecule has 3 heterocycles. The molecule has 200 valence electrons. The maximum Gasteiger partial charge on any atom is 0.416 e. The van der Waals surface area contributed by atoms with Crippen LogP contribution in [0.25, 0.3) is 0 Å². The minimum atomic E-state index is -4.69. The van der Waals surface area contributed by atoms with Gasteiger partial charge in [-0.05, 0) is 38.1 Å². The van der Waals surface area contributed by atoms with Crippen molar-refractivity contribution >= 4 is 11.9 Å². The summed E-state index contributed by atoms with van der Waals surface area (Å²) in [7, 11) is 1.28. The summed E-state index contributed by atoms with van der Waals surface area (Å²) in [6.07, 6.45) is -8.78. The summed E-state index contributed by atoms with van der Waals surface area (Å²) in [6.45, 7) is 3.14. The average molecular weight is 522 g/mol. The zero-order valence-electron chi connectivity index (χ0n) is 19.8. The number of piperidine rings is 1. The molecule has 1 aromatic carbocycles. The zero-order valence-corrected chi connectivity index (χ0v) is 19.8. The number of nitrogens with zero attached hydrogens (tertiary/aromatic N) is 3. The third-order valence-corrected chi connectivity index (χ3v) is 7.24. The number of likely N-dealkylation sites (tertiary alicyclic amines) is 2. The molecule has 3 fully saturated rings. The molecule has 36 heavy (non-hydrogen) atoms. The summed E-state index contributed by atoms with van der Waals surface area (Å²) >= 11 is 0. The van der Waals surface area contributed by atoms with E-state index in [9.17, 15) is 35.9 Å². The number of carbonyl (C=O) groups is 2. The lowest BCUT2D eigenvalue weighted by atomic mass is 9.87. The van der Waals surface area contributed by atoms with Gasteiger partial charge in [0, 0.05) is 38.6 Å². The Bertz CT molecular complexity index is 980. The molecule has 3 atom stereocenters. The molecular weight excluding hydrogens is 494 g/mol. The summed E-state index contributed by atoms with van der Waals surface area (Å²) in [5, 5.41) is 2.86. The Kier molecular flexibility index (Phi) is 6.93. The van der Waals surface area contributed by atoms with E-state index in [0.29, 0.717) is 25.1 Å². The Morgan fingerprint density at radius 3 is 2.36 bits per heavy atom. The van der Waals surface area contributed by atoms with Crippen molar-refractivity contribution in [1.82, 2.24) is 20.0 Å². The van der Waals surface area contributed by atoms with E-state index < -0.39 is 29.6 Å². The number of hydrogen-bond donors (Lipinski definition) is 1. The van der Waals surface area contributed by atoms with Crippen molar-refractivity contribution in [2.75, 3.05) is 46.4 Å². The lowest BCUT2D eigenvalue weighted by Gasteiger charge is -2.50. The number of benzene rings is 1. The van der Waals surface area contributed by atoms with E-state index in [2.05, 4.69) is 5.32 Å². The highest BCUT2D eigenvalue weighted by atomic mass is 19.4. The van der Waals surface area contributed by atoms with Gasteiger partial charge in [-0.2, -0.15) is 26.3 Å². The van der Waals surface area contributed by atoms with Gasteiger partial charge in [-0.25, -0.2) is 4.79 Å². The minimum Gasteiger partial charge on any atom is -0.363 e. The van der Waals surface area contributed by atoms with Gasteiger partial charge in [0.2, 0.25) is 5.91 Å². The Balaban J connectivity index is 1.33. The van der Waals surface area contributed by atoms with E-state index >= 15 is 0 Å². The van der Waals surface area contributed by atoms with E-state index in [1.165, 1.54) is 7.05 Å². The van der Waals surface area contributed by atoms with Crippen LogP contribution in [0.15, 0.2) is 24.3 Å². The molecule has 13 heteroatoms. The number of alkyl halides is 6. The summed E-state index contributed by atoms with van der Waals surface area (Å²) in [5.74, 6) is -0.461. The smallest absolute Gasteiger partial charge is 0.363 e. The van der Waals surface area contributed by atoms with Crippen LogP contribution in [0.3, 0.4) is 0 Å². The van der Waals surface area contributed by atoms with Crippen LogP contribution in [0.2, 0.25) is 0 Å². The topological polar surface area (TPSA) is 65.1 Å². The molecule has 1 N–H and O–H groups in total. The highest BCUT2D eigenvalue weighted by molar-refractivity contribution is 5.79. The number of halogens is 6. The van der Waals surface area contributed by atoms with Gasteiger partial charge in [0.1, 0.15) is 12.6 Å². The fourth-order valence-electron chi connectivity index (χ4n) is 5.15. The second-order valence-corrected chi connectivity index (χ2v) is 9.97. The van der Waals surface area contributed by atoms with E-state index in [1.54, 1.807) is 9.80 Å². The standard InChI is InChI=1S/C23H28F6N4O3/c1-21-7-8-32(12-17(21)30-18(34)13-36-21)20(35)33-10-14(11-33)9-31(2)19(23(27,28)29)15-3-5-16(6-4-15)22(24,25)26/h3-6,14,17,19H,7-13H2,1-2H3,(H,30,34)/t17-,19?,21+/m1/s1. The van der Waals surface area contributed by atoms with Crippen molar-refractivity contribution in [3.63, 3.8) is 0 Å². The molecule has 0 aliphatic carbocycles.